The molecule has 0 unspecified atom stereocenters. The Kier molecular flexibility index (Phi) is 4.35. The lowest BCUT2D eigenvalue weighted by Crippen LogP contribution is -2.24. The summed E-state index contributed by atoms with van der Waals surface area (Å²) in [5, 5.41) is 12.6. The Hall–Kier alpha value is -1.84. The first-order valence-electron chi connectivity index (χ1n) is 6.02. The summed E-state index contributed by atoms with van der Waals surface area (Å²) in [6.07, 6.45) is 0. The number of hydrogen-bond acceptors (Lipinski definition) is 6. The number of hydrogen-bond donors (Lipinski definition) is 2. The topological polar surface area (TPSA) is 105 Å². The van der Waals surface area contributed by atoms with Crippen LogP contribution in [0.2, 0.25) is 0 Å². The highest BCUT2D eigenvalue weighted by Crippen LogP contribution is 2.19. The van der Waals surface area contributed by atoms with E-state index in [1.54, 1.807) is 6.92 Å². The Morgan fingerprint density at radius 2 is 2.10 bits per heavy atom. The Labute approximate surface area is 120 Å². The monoisotopic (exact) mass is 315 g/mol. The van der Waals surface area contributed by atoms with Gasteiger partial charge in [0.1, 0.15) is 5.82 Å². The molecule has 9 heteroatoms. The molecule has 0 amide bonds. The van der Waals surface area contributed by atoms with Crippen molar-refractivity contribution in [2.75, 3.05) is 0 Å². The summed E-state index contributed by atoms with van der Waals surface area (Å²) in [6.45, 7) is 2.28. The zero-order valence-electron chi connectivity index (χ0n) is 11.4. The van der Waals surface area contributed by atoms with Crippen molar-refractivity contribution >= 4 is 10.0 Å². The molecule has 0 radical (unpaired) electrons. The van der Waals surface area contributed by atoms with Crippen LogP contribution in [-0.2, 0) is 23.2 Å². The molecule has 2 rings (SSSR count). The third kappa shape index (κ3) is 3.43. The van der Waals surface area contributed by atoms with Gasteiger partial charge in [0.2, 0.25) is 15.9 Å². The number of nitrogens with one attached hydrogen (secondary N) is 1. The van der Waals surface area contributed by atoms with E-state index in [1.165, 1.54) is 13.0 Å². The van der Waals surface area contributed by atoms with Gasteiger partial charge >= 0.3 is 0 Å². The molecule has 2 aromatic rings. The highest BCUT2D eigenvalue weighted by Gasteiger charge is 2.19. The Morgan fingerprint density at radius 1 is 1.38 bits per heavy atom. The Morgan fingerprint density at radius 3 is 2.67 bits per heavy atom. The SMILES string of the molecule is Cc1noc(CNS(=O)(=O)c2cc(C)c(F)c(CO)c2)n1. The van der Waals surface area contributed by atoms with E-state index in [9.17, 15) is 12.8 Å². The molecule has 1 aromatic heterocycles. The average Bonchev–Trinajstić information content (AvgIpc) is 2.85. The highest BCUT2D eigenvalue weighted by molar-refractivity contribution is 7.89. The summed E-state index contributed by atoms with van der Waals surface area (Å²) < 4.78 is 45.0. The van der Waals surface area contributed by atoms with Crippen LogP contribution in [0, 0.1) is 19.7 Å². The van der Waals surface area contributed by atoms with Crippen LogP contribution in [0.4, 0.5) is 4.39 Å². The van der Waals surface area contributed by atoms with Crippen LogP contribution in [0.5, 0.6) is 0 Å². The summed E-state index contributed by atoms with van der Waals surface area (Å²) in [5.41, 5.74) is 0.0552. The first kappa shape index (κ1) is 15.5. The number of halogens is 1. The van der Waals surface area contributed by atoms with Gasteiger partial charge in [-0.15, -0.1) is 0 Å². The zero-order valence-corrected chi connectivity index (χ0v) is 12.2. The minimum Gasteiger partial charge on any atom is -0.392 e. The molecule has 0 atom stereocenters. The number of nitrogens with zero attached hydrogens (tertiary/aromatic N) is 2. The molecule has 0 bridgehead atoms. The second-order valence-corrected chi connectivity index (χ2v) is 6.20. The summed E-state index contributed by atoms with van der Waals surface area (Å²) in [4.78, 5) is 3.73. The maximum absolute atomic E-state index is 13.6. The van der Waals surface area contributed by atoms with Crippen molar-refractivity contribution in [1.29, 1.82) is 0 Å². The molecule has 1 aromatic carbocycles. The van der Waals surface area contributed by atoms with Crippen molar-refractivity contribution in [2.45, 2.75) is 31.9 Å². The molecule has 0 aliphatic heterocycles. The molecule has 0 aliphatic rings. The van der Waals surface area contributed by atoms with Crippen LogP contribution in [0.15, 0.2) is 21.6 Å². The molecule has 1 heterocycles. The largest absolute Gasteiger partial charge is 0.392 e. The van der Waals surface area contributed by atoms with E-state index in [2.05, 4.69) is 14.9 Å². The number of rotatable bonds is 5. The van der Waals surface area contributed by atoms with Gasteiger partial charge < -0.3 is 9.63 Å². The van der Waals surface area contributed by atoms with E-state index in [0.29, 0.717) is 5.82 Å². The van der Waals surface area contributed by atoms with Gasteiger partial charge in [0.05, 0.1) is 18.0 Å². The van der Waals surface area contributed by atoms with E-state index in [1.807, 2.05) is 0 Å². The van der Waals surface area contributed by atoms with E-state index >= 15 is 0 Å². The van der Waals surface area contributed by atoms with Crippen molar-refractivity contribution in [3.05, 3.63) is 40.8 Å². The lowest BCUT2D eigenvalue weighted by atomic mass is 10.1. The number of aryl methyl sites for hydroxylation is 2. The third-order valence-electron chi connectivity index (χ3n) is 2.77. The van der Waals surface area contributed by atoms with Crippen LogP contribution in [0.1, 0.15) is 22.8 Å². The van der Waals surface area contributed by atoms with Crippen LogP contribution >= 0.6 is 0 Å². The van der Waals surface area contributed by atoms with Crippen LogP contribution < -0.4 is 4.72 Å². The Balaban J connectivity index is 2.25. The molecule has 7 nitrogen and oxygen atoms in total. The fraction of sp³-hybridized carbons (Fsp3) is 0.333. The second-order valence-electron chi connectivity index (χ2n) is 4.43. The van der Waals surface area contributed by atoms with Gasteiger partial charge in [0.15, 0.2) is 5.82 Å². The fourth-order valence-electron chi connectivity index (χ4n) is 1.73. The molecule has 114 valence electrons. The van der Waals surface area contributed by atoms with Crippen molar-refractivity contribution in [3.63, 3.8) is 0 Å². The van der Waals surface area contributed by atoms with Crippen molar-refractivity contribution in [1.82, 2.24) is 14.9 Å². The summed E-state index contributed by atoms with van der Waals surface area (Å²) >= 11 is 0. The van der Waals surface area contributed by atoms with Gasteiger partial charge in [-0.2, -0.15) is 4.98 Å². The predicted octanol–water partition coefficient (Wildman–Crippen LogP) is 0.796. The average molecular weight is 315 g/mol. The zero-order chi connectivity index (χ0) is 15.6. The van der Waals surface area contributed by atoms with Gasteiger partial charge in [-0.1, -0.05) is 5.16 Å². The predicted molar refractivity (Wildman–Crippen MR) is 70.1 cm³/mol. The molecule has 0 spiro atoms. The third-order valence-corrected chi connectivity index (χ3v) is 4.15. The summed E-state index contributed by atoms with van der Waals surface area (Å²) in [6, 6.07) is 2.28. The summed E-state index contributed by atoms with van der Waals surface area (Å²) in [5.74, 6) is -0.106. The minimum absolute atomic E-state index is 0.0796. The van der Waals surface area contributed by atoms with E-state index in [4.69, 9.17) is 9.63 Å². The maximum atomic E-state index is 13.6. The van der Waals surface area contributed by atoms with Gasteiger partial charge in [-0.05, 0) is 31.5 Å². The lowest BCUT2D eigenvalue weighted by molar-refractivity contribution is 0.275. The van der Waals surface area contributed by atoms with E-state index < -0.39 is 22.4 Å². The first-order valence-corrected chi connectivity index (χ1v) is 7.50. The molecule has 2 N–H and O–H groups in total. The number of benzene rings is 1. The number of sulfonamides is 1. The maximum Gasteiger partial charge on any atom is 0.241 e. The lowest BCUT2D eigenvalue weighted by Gasteiger charge is -2.09. The molecule has 21 heavy (non-hydrogen) atoms. The van der Waals surface area contributed by atoms with E-state index in [-0.39, 0.29) is 28.5 Å². The number of aromatic nitrogens is 2. The van der Waals surface area contributed by atoms with Gasteiger partial charge in [0.25, 0.3) is 0 Å². The van der Waals surface area contributed by atoms with Gasteiger partial charge in [0, 0.05) is 5.56 Å². The van der Waals surface area contributed by atoms with Crippen molar-refractivity contribution in [2.24, 2.45) is 0 Å². The van der Waals surface area contributed by atoms with Crippen LogP contribution in [-0.4, -0.2) is 23.7 Å². The molecule has 0 saturated carbocycles. The van der Waals surface area contributed by atoms with E-state index in [0.717, 1.165) is 6.07 Å². The molecular weight excluding hydrogens is 301 g/mol. The molecule has 0 fully saturated rings. The van der Waals surface area contributed by atoms with Crippen molar-refractivity contribution in [3.8, 4) is 0 Å². The van der Waals surface area contributed by atoms with Gasteiger partial charge in [-0.25, -0.2) is 17.5 Å². The number of aliphatic hydroxyl groups is 1. The van der Waals surface area contributed by atoms with Gasteiger partial charge in [-0.3, -0.25) is 0 Å². The van der Waals surface area contributed by atoms with Crippen LogP contribution in [0.3, 0.4) is 0 Å². The number of aliphatic hydroxyl groups excluding tert-OH is 1. The fourth-order valence-corrected chi connectivity index (χ4v) is 2.84. The second kappa shape index (κ2) is 5.88. The normalized spacial score (nSPS) is 11.8. The molecular formula is C12H14FN3O4S. The highest BCUT2D eigenvalue weighted by atomic mass is 32.2. The standard InChI is InChI=1S/C12H14FN3O4S/c1-7-3-10(4-9(6-17)12(7)13)21(18,19)14-5-11-15-8(2)16-20-11/h3-4,14,17H,5-6H2,1-2H3. The summed E-state index contributed by atoms with van der Waals surface area (Å²) in [7, 11) is -3.88. The smallest absolute Gasteiger partial charge is 0.241 e. The molecule has 0 saturated heterocycles. The van der Waals surface area contributed by atoms with Crippen LogP contribution in [0.25, 0.3) is 0 Å². The quantitative estimate of drug-likeness (QED) is 0.845. The first-order chi connectivity index (χ1) is 9.83. The Bertz CT molecular complexity index is 758. The van der Waals surface area contributed by atoms with Crippen molar-refractivity contribution < 1.29 is 22.4 Å². The molecule has 0 aliphatic carbocycles. The minimum atomic E-state index is -3.88.